The molecule has 210 valence electrons. The van der Waals surface area contributed by atoms with Crippen molar-refractivity contribution in [2.24, 2.45) is 0 Å². The van der Waals surface area contributed by atoms with Crippen LogP contribution in [0, 0.1) is 4.78 Å². The SMILES string of the molecule is CN(C(=O)c1coc(S(=N)(=O)NC(=O)Nc2c3c(cc4c2CCC4)CCC3)c1)C1CN(C(=O)OC(C)(C)C)C1. The van der Waals surface area contributed by atoms with Crippen molar-refractivity contribution < 1.29 is 27.7 Å². The molecule has 11 nitrogen and oxygen atoms in total. The summed E-state index contributed by atoms with van der Waals surface area (Å²) in [6, 6.07) is 2.50. The minimum atomic E-state index is -3.86. The minimum Gasteiger partial charge on any atom is -0.452 e. The predicted octanol–water partition coefficient (Wildman–Crippen LogP) is 4.09. The molecule has 2 heterocycles. The van der Waals surface area contributed by atoms with E-state index in [0.717, 1.165) is 61.6 Å². The van der Waals surface area contributed by atoms with Crippen LogP contribution in [0.3, 0.4) is 0 Å². The maximum Gasteiger partial charge on any atom is 0.410 e. The summed E-state index contributed by atoms with van der Waals surface area (Å²) in [5.74, 6) is -0.408. The molecule has 0 spiro atoms. The second-order valence-electron chi connectivity index (χ2n) is 11.5. The van der Waals surface area contributed by atoms with E-state index in [4.69, 9.17) is 13.9 Å². The summed E-state index contributed by atoms with van der Waals surface area (Å²) in [4.78, 5) is 41.0. The molecule has 1 unspecified atom stereocenters. The van der Waals surface area contributed by atoms with Gasteiger partial charge in [-0.3, -0.25) is 4.79 Å². The van der Waals surface area contributed by atoms with Crippen molar-refractivity contribution in [2.75, 3.05) is 25.5 Å². The van der Waals surface area contributed by atoms with Gasteiger partial charge >= 0.3 is 12.1 Å². The quantitative estimate of drug-likeness (QED) is 0.505. The minimum absolute atomic E-state index is 0.101. The fourth-order valence-electron chi connectivity index (χ4n) is 5.41. The van der Waals surface area contributed by atoms with Crippen LogP contribution in [0.25, 0.3) is 0 Å². The van der Waals surface area contributed by atoms with Gasteiger partial charge in [0, 0.05) is 31.9 Å². The number of carbonyl (C=O) groups is 3. The lowest BCUT2D eigenvalue weighted by Crippen LogP contribution is -2.61. The van der Waals surface area contributed by atoms with E-state index >= 15 is 0 Å². The van der Waals surface area contributed by atoms with Gasteiger partial charge < -0.3 is 24.3 Å². The number of urea groups is 1. The van der Waals surface area contributed by atoms with Gasteiger partial charge in [-0.15, -0.1) is 0 Å². The second kappa shape index (κ2) is 9.89. The van der Waals surface area contributed by atoms with Gasteiger partial charge in [-0.25, -0.2) is 23.3 Å². The molecule has 0 saturated carbocycles. The van der Waals surface area contributed by atoms with E-state index in [9.17, 15) is 18.6 Å². The maximum atomic E-state index is 13.1. The number of anilines is 1. The Kier molecular flexibility index (Phi) is 6.86. The third-order valence-corrected chi connectivity index (χ3v) is 8.69. The molecule has 3 N–H and O–H groups in total. The lowest BCUT2D eigenvalue weighted by atomic mass is 9.99. The Balaban J connectivity index is 1.21. The number of hydrogen-bond acceptors (Lipinski definition) is 7. The average Bonchev–Trinajstić information content (AvgIpc) is 3.56. The fourth-order valence-corrected chi connectivity index (χ4v) is 6.30. The van der Waals surface area contributed by atoms with Crippen molar-refractivity contribution in [1.29, 1.82) is 4.78 Å². The molecule has 0 radical (unpaired) electrons. The van der Waals surface area contributed by atoms with Crippen LogP contribution in [0.15, 0.2) is 27.9 Å². The zero-order valence-electron chi connectivity index (χ0n) is 22.7. The van der Waals surface area contributed by atoms with E-state index in [-0.39, 0.29) is 16.7 Å². The van der Waals surface area contributed by atoms with Gasteiger partial charge in [-0.1, -0.05) is 6.07 Å². The van der Waals surface area contributed by atoms with Gasteiger partial charge in [0.15, 0.2) is 9.92 Å². The topological polar surface area (TPSA) is 145 Å². The van der Waals surface area contributed by atoms with Crippen LogP contribution in [0.5, 0.6) is 0 Å². The first kappa shape index (κ1) is 27.0. The number of rotatable bonds is 5. The van der Waals surface area contributed by atoms with Crippen LogP contribution < -0.4 is 10.0 Å². The highest BCUT2D eigenvalue weighted by Gasteiger charge is 2.38. The number of amides is 4. The monoisotopic (exact) mass is 557 g/mol. The standard InChI is InChI=1S/C27H35N5O6S/c1-27(2,3)38-26(35)32-13-19(14-32)31(4)24(33)18-12-22(37-15-18)39(28,36)30-25(34)29-23-20-9-5-7-16(20)11-17-8-6-10-21(17)23/h11-12,15,19H,5-10,13-14H2,1-4H3,(H3,28,29,30,34,36). The van der Waals surface area contributed by atoms with Gasteiger partial charge in [0.1, 0.15) is 11.9 Å². The van der Waals surface area contributed by atoms with Crippen molar-refractivity contribution in [1.82, 2.24) is 14.5 Å². The maximum absolute atomic E-state index is 13.1. The van der Waals surface area contributed by atoms with E-state index in [1.165, 1.54) is 27.0 Å². The first-order chi connectivity index (χ1) is 18.3. The van der Waals surface area contributed by atoms with Crippen LogP contribution in [0.4, 0.5) is 15.3 Å². The summed E-state index contributed by atoms with van der Waals surface area (Å²) in [7, 11) is -2.26. The number of nitrogens with zero attached hydrogens (tertiary/aromatic N) is 2. The third kappa shape index (κ3) is 5.47. The molecule has 2 aromatic rings. The number of likely N-dealkylation sites (N-methyl/N-ethyl adjacent to an activating group) is 1. The van der Waals surface area contributed by atoms with E-state index in [0.29, 0.717) is 13.1 Å². The number of benzene rings is 1. The molecule has 1 saturated heterocycles. The molecule has 1 atom stereocenters. The second-order valence-corrected chi connectivity index (χ2v) is 13.2. The number of carbonyl (C=O) groups excluding carboxylic acids is 3. The lowest BCUT2D eigenvalue weighted by molar-refractivity contribution is -0.00908. The predicted molar refractivity (Wildman–Crippen MR) is 144 cm³/mol. The summed E-state index contributed by atoms with van der Waals surface area (Å²) in [6.07, 6.45) is 6.46. The van der Waals surface area contributed by atoms with Crippen molar-refractivity contribution in [3.8, 4) is 0 Å². The van der Waals surface area contributed by atoms with Crippen molar-refractivity contribution in [2.45, 2.75) is 76.0 Å². The zero-order chi connectivity index (χ0) is 28.1. The Morgan fingerprint density at radius 3 is 2.28 bits per heavy atom. The van der Waals surface area contributed by atoms with Crippen LogP contribution in [-0.2, 0) is 40.3 Å². The Morgan fingerprint density at radius 1 is 1.08 bits per heavy atom. The van der Waals surface area contributed by atoms with E-state index < -0.39 is 33.5 Å². The molecule has 1 aromatic carbocycles. The fraction of sp³-hybridized carbons (Fsp3) is 0.519. The molecule has 2 aliphatic carbocycles. The smallest absolute Gasteiger partial charge is 0.410 e. The molecule has 1 aromatic heterocycles. The Bertz CT molecular complexity index is 1400. The van der Waals surface area contributed by atoms with Crippen molar-refractivity contribution in [3.63, 3.8) is 0 Å². The first-order valence-electron chi connectivity index (χ1n) is 13.2. The molecule has 1 fully saturated rings. The van der Waals surface area contributed by atoms with Gasteiger partial charge in [0.05, 0.1) is 11.6 Å². The average molecular weight is 558 g/mol. The van der Waals surface area contributed by atoms with Crippen molar-refractivity contribution >= 4 is 33.6 Å². The number of hydrogen-bond donors (Lipinski definition) is 3. The number of aryl methyl sites for hydroxylation is 2. The number of fused-ring (bicyclic) bond motifs is 2. The van der Waals surface area contributed by atoms with Crippen LogP contribution in [0.2, 0.25) is 0 Å². The summed E-state index contributed by atoms with van der Waals surface area (Å²) >= 11 is 0. The van der Waals surface area contributed by atoms with E-state index in [1.807, 2.05) is 0 Å². The normalized spacial score (nSPS) is 18.0. The number of nitrogens with one attached hydrogen (secondary N) is 3. The molecular weight excluding hydrogens is 522 g/mol. The summed E-state index contributed by atoms with van der Waals surface area (Å²) in [5.41, 5.74) is 5.02. The highest BCUT2D eigenvalue weighted by atomic mass is 32.2. The van der Waals surface area contributed by atoms with Crippen LogP contribution in [0.1, 0.15) is 66.2 Å². The van der Waals surface area contributed by atoms with Gasteiger partial charge in [-0.05, 0) is 81.5 Å². The van der Waals surface area contributed by atoms with Crippen molar-refractivity contribution in [3.05, 3.63) is 46.2 Å². The molecule has 39 heavy (non-hydrogen) atoms. The summed E-state index contributed by atoms with van der Waals surface area (Å²) in [5, 5.41) is 2.55. The summed E-state index contributed by atoms with van der Waals surface area (Å²) in [6.45, 7) is 6.01. The Hall–Kier alpha value is -3.54. The molecule has 1 aliphatic heterocycles. The zero-order valence-corrected chi connectivity index (χ0v) is 23.5. The molecule has 12 heteroatoms. The van der Waals surface area contributed by atoms with Crippen LogP contribution >= 0.6 is 0 Å². The summed E-state index contributed by atoms with van der Waals surface area (Å²) < 4.78 is 34.3. The van der Waals surface area contributed by atoms with E-state index in [2.05, 4.69) is 16.1 Å². The highest BCUT2D eigenvalue weighted by Crippen LogP contribution is 2.38. The molecular formula is C27H35N5O6S. The molecule has 5 rings (SSSR count). The molecule has 0 bridgehead atoms. The largest absolute Gasteiger partial charge is 0.452 e. The van der Waals surface area contributed by atoms with Gasteiger partial charge in [-0.2, -0.15) is 0 Å². The van der Waals surface area contributed by atoms with Gasteiger partial charge in [0.25, 0.3) is 5.91 Å². The van der Waals surface area contributed by atoms with Gasteiger partial charge in [0.2, 0.25) is 5.09 Å². The lowest BCUT2D eigenvalue weighted by Gasteiger charge is -2.43. The number of furan rings is 1. The Labute approximate surface area is 228 Å². The highest BCUT2D eigenvalue weighted by molar-refractivity contribution is 7.91. The van der Waals surface area contributed by atoms with E-state index in [1.54, 1.807) is 27.8 Å². The first-order valence-corrected chi connectivity index (χ1v) is 14.8. The third-order valence-electron chi connectivity index (χ3n) is 7.44. The molecule has 3 aliphatic rings. The van der Waals surface area contributed by atoms with Crippen LogP contribution in [-0.4, -0.2) is 63.8 Å². The Morgan fingerprint density at radius 2 is 1.69 bits per heavy atom. The number of ether oxygens (including phenoxy) is 1. The number of likely N-dealkylation sites (tertiary alicyclic amines) is 1. The molecule has 4 amide bonds.